The van der Waals surface area contributed by atoms with Crippen LogP contribution in [0.2, 0.25) is 0 Å². The minimum atomic E-state index is -1.02. The molecule has 2 fully saturated rings. The second-order valence-corrected chi connectivity index (χ2v) is 7.69. The van der Waals surface area contributed by atoms with Crippen molar-refractivity contribution in [2.45, 2.75) is 23.8 Å². The van der Waals surface area contributed by atoms with Crippen molar-refractivity contribution in [1.82, 2.24) is 4.90 Å². The van der Waals surface area contributed by atoms with E-state index in [1.807, 2.05) is 6.92 Å². The molecule has 2 heterocycles. The standard InChI is InChI=1S/C11H17NO4S2/c1-2-10(8(13)14)7-12(9(15)16)4-3-11(10)17-5-6-18-11/h2-7H2,1H3,(H,13,14)(H,15,16). The number of carboxylic acids is 1. The number of piperidine rings is 1. The van der Waals surface area contributed by atoms with Gasteiger partial charge in [0.05, 0.1) is 4.08 Å². The van der Waals surface area contributed by atoms with Gasteiger partial charge in [0.25, 0.3) is 0 Å². The Morgan fingerprint density at radius 1 is 1.28 bits per heavy atom. The van der Waals surface area contributed by atoms with Gasteiger partial charge in [-0.05, 0) is 12.8 Å². The van der Waals surface area contributed by atoms with Gasteiger partial charge in [0.15, 0.2) is 0 Å². The van der Waals surface area contributed by atoms with E-state index in [0.29, 0.717) is 19.4 Å². The van der Waals surface area contributed by atoms with Crippen molar-refractivity contribution in [1.29, 1.82) is 0 Å². The summed E-state index contributed by atoms with van der Waals surface area (Å²) in [6, 6.07) is 0. The molecule has 2 saturated heterocycles. The van der Waals surface area contributed by atoms with Gasteiger partial charge in [-0.2, -0.15) is 0 Å². The maximum absolute atomic E-state index is 11.8. The van der Waals surface area contributed by atoms with Gasteiger partial charge in [-0.3, -0.25) is 4.79 Å². The second-order valence-electron chi connectivity index (χ2n) is 4.64. The van der Waals surface area contributed by atoms with E-state index in [9.17, 15) is 14.7 Å². The molecule has 1 amide bonds. The molecule has 0 radical (unpaired) electrons. The Morgan fingerprint density at radius 3 is 2.33 bits per heavy atom. The SMILES string of the molecule is CCC1(C(=O)O)CN(C(=O)O)CCC12SCCS2. The first kappa shape index (κ1) is 13.9. The van der Waals surface area contributed by atoms with Gasteiger partial charge in [-0.25, -0.2) is 4.79 Å². The van der Waals surface area contributed by atoms with E-state index >= 15 is 0 Å². The normalized spacial score (nSPS) is 30.6. The van der Waals surface area contributed by atoms with Gasteiger partial charge in [-0.1, -0.05) is 6.92 Å². The molecule has 2 aliphatic rings. The number of carboxylic acid groups (broad SMARTS) is 2. The number of rotatable bonds is 2. The van der Waals surface area contributed by atoms with Gasteiger partial charge in [0, 0.05) is 24.6 Å². The lowest BCUT2D eigenvalue weighted by atomic mass is 9.76. The minimum absolute atomic E-state index is 0.105. The van der Waals surface area contributed by atoms with Crippen LogP contribution >= 0.6 is 23.5 Å². The number of hydrogen-bond acceptors (Lipinski definition) is 4. The number of nitrogens with zero attached hydrogens (tertiary/aromatic N) is 1. The lowest BCUT2D eigenvalue weighted by Gasteiger charge is -2.50. The maximum Gasteiger partial charge on any atom is 0.407 e. The van der Waals surface area contributed by atoms with Crippen LogP contribution in [0, 0.1) is 5.41 Å². The van der Waals surface area contributed by atoms with E-state index in [0.717, 1.165) is 11.5 Å². The van der Waals surface area contributed by atoms with Gasteiger partial charge in [-0.15, -0.1) is 23.5 Å². The average Bonchev–Trinajstić information content (AvgIpc) is 2.79. The highest BCUT2D eigenvalue weighted by atomic mass is 32.2. The summed E-state index contributed by atoms with van der Waals surface area (Å²) in [4.78, 5) is 24.1. The first-order valence-electron chi connectivity index (χ1n) is 5.96. The Balaban J connectivity index is 2.37. The monoisotopic (exact) mass is 291 g/mol. The van der Waals surface area contributed by atoms with Crippen LogP contribution in [-0.2, 0) is 4.79 Å². The van der Waals surface area contributed by atoms with Crippen molar-refractivity contribution < 1.29 is 19.8 Å². The summed E-state index contributed by atoms with van der Waals surface area (Å²) < 4.78 is -0.348. The first-order valence-corrected chi connectivity index (χ1v) is 7.94. The molecule has 102 valence electrons. The summed E-state index contributed by atoms with van der Waals surface area (Å²) >= 11 is 3.40. The lowest BCUT2D eigenvalue weighted by Crippen LogP contribution is -2.60. The fraction of sp³-hybridized carbons (Fsp3) is 0.818. The van der Waals surface area contributed by atoms with Crippen molar-refractivity contribution in [3.8, 4) is 0 Å². The Morgan fingerprint density at radius 2 is 1.89 bits per heavy atom. The highest BCUT2D eigenvalue weighted by Crippen LogP contribution is 2.60. The van der Waals surface area contributed by atoms with E-state index < -0.39 is 17.5 Å². The van der Waals surface area contributed by atoms with E-state index in [1.165, 1.54) is 4.90 Å². The molecule has 1 unspecified atom stereocenters. The van der Waals surface area contributed by atoms with E-state index in [2.05, 4.69) is 0 Å². The van der Waals surface area contributed by atoms with Crippen LogP contribution in [0.1, 0.15) is 19.8 Å². The van der Waals surface area contributed by atoms with Gasteiger partial charge in [0.1, 0.15) is 5.41 Å². The fourth-order valence-electron chi connectivity index (χ4n) is 2.85. The molecule has 0 aliphatic carbocycles. The molecule has 0 bridgehead atoms. The molecule has 0 aromatic rings. The maximum atomic E-state index is 11.8. The molecule has 5 nitrogen and oxygen atoms in total. The van der Waals surface area contributed by atoms with Gasteiger partial charge in [0.2, 0.25) is 0 Å². The molecule has 7 heteroatoms. The second kappa shape index (κ2) is 4.85. The zero-order chi connectivity index (χ0) is 13.4. The third-order valence-electron chi connectivity index (χ3n) is 3.94. The molecule has 0 saturated carbocycles. The van der Waals surface area contributed by atoms with Crippen molar-refractivity contribution >= 4 is 35.6 Å². The smallest absolute Gasteiger partial charge is 0.407 e. The predicted molar refractivity (Wildman–Crippen MR) is 72.2 cm³/mol. The molecular formula is C11H17NO4S2. The highest BCUT2D eigenvalue weighted by Gasteiger charge is 2.61. The Kier molecular flexibility index (Phi) is 3.73. The summed E-state index contributed by atoms with van der Waals surface area (Å²) in [5.74, 6) is 1.04. The largest absolute Gasteiger partial charge is 0.481 e. The molecule has 1 atom stereocenters. The van der Waals surface area contributed by atoms with Crippen molar-refractivity contribution in [3.05, 3.63) is 0 Å². The zero-order valence-electron chi connectivity index (χ0n) is 10.2. The van der Waals surface area contributed by atoms with Crippen LogP contribution in [0.25, 0.3) is 0 Å². The third-order valence-corrected chi connectivity index (χ3v) is 7.84. The minimum Gasteiger partial charge on any atom is -0.481 e. The summed E-state index contributed by atoms with van der Waals surface area (Å²) in [6.07, 6.45) is 0.0675. The highest BCUT2D eigenvalue weighted by molar-refractivity contribution is 8.21. The van der Waals surface area contributed by atoms with Crippen LogP contribution in [0.4, 0.5) is 4.79 Å². The first-order chi connectivity index (χ1) is 8.47. The Labute approximate surface area is 114 Å². The summed E-state index contributed by atoms with van der Waals surface area (Å²) in [6.45, 7) is 2.39. The molecule has 18 heavy (non-hydrogen) atoms. The molecule has 2 aliphatic heterocycles. The molecule has 2 N–H and O–H groups in total. The van der Waals surface area contributed by atoms with Crippen LogP contribution in [0.5, 0.6) is 0 Å². The zero-order valence-corrected chi connectivity index (χ0v) is 11.9. The van der Waals surface area contributed by atoms with Crippen molar-refractivity contribution in [2.75, 3.05) is 24.6 Å². The van der Waals surface area contributed by atoms with Crippen LogP contribution in [-0.4, -0.2) is 55.8 Å². The molecule has 0 aromatic heterocycles. The predicted octanol–water partition coefficient (Wildman–Crippen LogP) is 2.03. The number of aliphatic carboxylic acids is 1. The summed E-state index contributed by atoms with van der Waals surface area (Å²) in [5, 5.41) is 18.8. The number of carbonyl (C=O) groups is 2. The van der Waals surface area contributed by atoms with Crippen LogP contribution in [0.15, 0.2) is 0 Å². The lowest BCUT2D eigenvalue weighted by molar-refractivity contribution is -0.152. The Hall–Kier alpha value is -0.560. The summed E-state index contributed by atoms with van der Waals surface area (Å²) in [7, 11) is 0. The Bertz CT molecular complexity index is 370. The quantitative estimate of drug-likeness (QED) is 0.810. The summed E-state index contributed by atoms with van der Waals surface area (Å²) in [5.41, 5.74) is -0.963. The van der Waals surface area contributed by atoms with Crippen molar-refractivity contribution in [3.63, 3.8) is 0 Å². The van der Waals surface area contributed by atoms with Crippen molar-refractivity contribution in [2.24, 2.45) is 5.41 Å². The van der Waals surface area contributed by atoms with E-state index in [-0.39, 0.29) is 10.6 Å². The van der Waals surface area contributed by atoms with E-state index in [4.69, 9.17) is 5.11 Å². The number of amides is 1. The molecule has 1 spiro atoms. The van der Waals surface area contributed by atoms with Crippen LogP contribution < -0.4 is 0 Å². The topological polar surface area (TPSA) is 77.8 Å². The number of thioether (sulfide) groups is 2. The van der Waals surface area contributed by atoms with Crippen LogP contribution in [0.3, 0.4) is 0 Å². The van der Waals surface area contributed by atoms with Gasteiger partial charge >= 0.3 is 12.1 Å². The fourth-order valence-corrected chi connectivity index (χ4v) is 6.62. The van der Waals surface area contributed by atoms with Gasteiger partial charge < -0.3 is 15.1 Å². The third kappa shape index (κ3) is 1.87. The van der Waals surface area contributed by atoms with E-state index in [1.54, 1.807) is 23.5 Å². The molecular weight excluding hydrogens is 274 g/mol. The number of hydrogen-bond donors (Lipinski definition) is 2. The average molecular weight is 291 g/mol. The number of likely N-dealkylation sites (tertiary alicyclic amines) is 1. The molecule has 0 aromatic carbocycles. The molecule has 2 rings (SSSR count).